The molecule has 0 amide bonds. The molecule has 0 unspecified atom stereocenters. The second-order valence-corrected chi connectivity index (χ2v) is 4.40. The first-order valence-electron chi connectivity index (χ1n) is 5.21. The number of carboxylic acid groups (broad SMARTS) is 1. The minimum Gasteiger partial charge on any atom is -0.490 e. The van der Waals surface area contributed by atoms with Crippen molar-refractivity contribution in [1.29, 1.82) is 0 Å². The van der Waals surface area contributed by atoms with Crippen molar-refractivity contribution in [2.45, 2.75) is 11.3 Å². The molecule has 1 aromatic rings. The number of benzene rings is 1. The van der Waals surface area contributed by atoms with E-state index in [1.807, 2.05) is 18.2 Å². The zero-order chi connectivity index (χ0) is 12.1. The summed E-state index contributed by atoms with van der Waals surface area (Å²) in [4.78, 5) is 11.2. The minimum absolute atomic E-state index is 0.645. The molecule has 0 fully saturated rings. The molecule has 0 spiro atoms. The number of aliphatic carboxylic acids is 1. The molecule has 0 radical (unpaired) electrons. The van der Waals surface area contributed by atoms with Crippen LogP contribution in [-0.2, 0) is 4.79 Å². The minimum atomic E-state index is -0.952. The Balaban J connectivity index is 2.09. The summed E-state index contributed by atoms with van der Waals surface area (Å²) >= 11 is 1.33. The monoisotopic (exact) mass is 252 g/mol. The van der Waals surface area contributed by atoms with Crippen LogP contribution in [0.25, 0.3) is 0 Å². The van der Waals surface area contributed by atoms with Crippen molar-refractivity contribution >= 4 is 17.7 Å². The highest BCUT2D eigenvalue weighted by Gasteiger charge is 2.10. The number of thioether (sulfide) groups is 1. The highest BCUT2D eigenvalue weighted by molar-refractivity contribution is 8.02. The van der Waals surface area contributed by atoms with Crippen LogP contribution in [0.5, 0.6) is 11.5 Å². The smallest absolute Gasteiger partial charge is 0.328 e. The summed E-state index contributed by atoms with van der Waals surface area (Å²) in [7, 11) is 0. The summed E-state index contributed by atoms with van der Waals surface area (Å²) in [6.07, 6.45) is 1.98. The predicted molar refractivity (Wildman–Crippen MR) is 64.7 cm³/mol. The van der Waals surface area contributed by atoms with E-state index < -0.39 is 5.97 Å². The molecule has 0 bridgehead atoms. The maximum atomic E-state index is 10.3. The number of ether oxygens (including phenoxy) is 2. The van der Waals surface area contributed by atoms with Gasteiger partial charge >= 0.3 is 5.97 Å². The van der Waals surface area contributed by atoms with Gasteiger partial charge in [-0.05, 0) is 23.6 Å². The van der Waals surface area contributed by atoms with Gasteiger partial charge in [-0.3, -0.25) is 0 Å². The topological polar surface area (TPSA) is 55.8 Å². The summed E-state index contributed by atoms with van der Waals surface area (Å²) in [6.45, 7) is 1.31. The molecule has 4 nitrogen and oxygen atoms in total. The fraction of sp³-hybridized carbons (Fsp3) is 0.250. The van der Waals surface area contributed by atoms with Gasteiger partial charge in [0.05, 0.1) is 13.2 Å². The van der Waals surface area contributed by atoms with E-state index in [1.165, 1.54) is 17.2 Å². The van der Waals surface area contributed by atoms with Gasteiger partial charge in [0.1, 0.15) is 0 Å². The number of carboxylic acids is 1. The SMILES string of the molecule is O=C(O)C=CSc1ccc2c(c1)OCCCO2. The van der Waals surface area contributed by atoms with Gasteiger partial charge in [-0.25, -0.2) is 4.79 Å². The second kappa shape index (κ2) is 5.63. The van der Waals surface area contributed by atoms with Crippen molar-refractivity contribution in [2.75, 3.05) is 13.2 Å². The molecular weight excluding hydrogens is 240 g/mol. The number of carbonyl (C=O) groups is 1. The Kier molecular flexibility index (Phi) is 3.93. The van der Waals surface area contributed by atoms with E-state index in [2.05, 4.69) is 0 Å². The van der Waals surface area contributed by atoms with Crippen molar-refractivity contribution in [3.05, 3.63) is 29.7 Å². The van der Waals surface area contributed by atoms with E-state index in [1.54, 1.807) is 0 Å². The third-order valence-electron chi connectivity index (χ3n) is 2.13. The maximum absolute atomic E-state index is 10.3. The molecular formula is C12H12O4S. The molecule has 0 aliphatic carbocycles. The molecule has 1 heterocycles. The van der Waals surface area contributed by atoms with Gasteiger partial charge in [-0.15, -0.1) is 0 Å². The van der Waals surface area contributed by atoms with Crippen molar-refractivity contribution in [1.82, 2.24) is 0 Å². The lowest BCUT2D eigenvalue weighted by Crippen LogP contribution is -1.97. The fourth-order valence-corrected chi connectivity index (χ4v) is 2.05. The molecule has 90 valence electrons. The Labute approximate surface area is 103 Å². The maximum Gasteiger partial charge on any atom is 0.328 e. The standard InChI is InChI=1S/C12H12O4S/c13-12(14)4-7-17-9-2-3-10-11(8-9)16-6-1-5-15-10/h2-4,7-8H,1,5-6H2,(H,13,14). The number of hydrogen-bond acceptors (Lipinski definition) is 4. The lowest BCUT2D eigenvalue weighted by Gasteiger charge is -2.07. The Morgan fingerprint density at radius 2 is 2.06 bits per heavy atom. The Morgan fingerprint density at radius 1 is 1.29 bits per heavy atom. The van der Waals surface area contributed by atoms with E-state index in [0.717, 1.165) is 28.9 Å². The summed E-state index contributed by atoms with van der Waals surface area (Å²) < 4.78 is 11.0. The van der Waals surface area contributed by atoms with Crippen LogP contribution in [0.15, 0.2) is 34.6 Å². The van der Waals surface area contributed by atoms with Crippen LogP contribution < -0.4 is 9.47 Å². The predicted octanol–water partition coefficient (Wildman–Crippen LogP) is 2.54. The van der Waals surface area contributed by atoms with Gasteiger partial charge in [0, 0.05) is 17.4 Å². The first-order valence-corrected chi connectivity index (χ1v) is 6.09. The van der Waals surface area contributed by atoms with Crippen molar-refractivity contribution < 1.29 is 19.4 Å². The summed E-state index contributed by atoms with van der Waals surface area (Å²) in [5, 5.41) is 10.0. The van der Waals surface area contributed by atoms with Gasteiger partial charge in [-0.1, -0.05) is 11.8 Å². The third kappa shape index (κ3) is 3.42. The van der Waals surface area contributed by atoms with Gasteiger partial charge < -0.3 is 14.6 Å². The average molecular weight is 252 g/mol. The molecule has 1 aliphatic rings. The lowest BCUT2D eigenvalue weighted by atomic mass is 10.3. The molecule has 2 rings (SSSR count). The van der Waals surface area contributed by atoms with E-state index in [0.29, 0.717) is 13.2 Å². The average Bonchev–Trinajstić information content (AvgIpc) is 2.53. The Hall–Kier alpha value is -1.62. The largest absolute Gasteiger partial charge is 0.490 e. The number of fused-ring (bicyclic) bond motifs is 1. The van der Waals surface area contributed by atoms with Gasteiger partial charge in [-0.2, -0.15) is 0 Å². The van der Waals surface area contributed by atoms with Crippen LogP contribution in [0.2, 0.25) is 0 Å². The molecule has 1 aliphatic heterocycles. The third-order valence-corrected chi connectivity index (χ3v) is 2.93. The van der Waals surface area contributed by atoms with Crippen LogP contribution in [0.3, 0.4) is 0 Å². The van der Waals surface area contributed by atoms with Crippen molar-refractivity contribution in [2.24, 2.45) is 0 Å². The Bertz CT molecular complexity index is 442. The Morgan fingerprint density at radius 3 is 2.82 bits per heavy atom. The van der Waals surface area contributed by atoms with Crippen LogP contribution in [0, 0.1) is 0 Å². The zero-order valence-corrected chi connectivity index (χ0v) is 9.90. The van der Waals surface area contributed by atoms with E-state index in [-0.39, 0.29) is 0 Å². The molecule has 1 N–H and O–H groups in total. The van der Waals surface area contributed by atoms with Crippen LogP contribution in [0.1, 0.15) is 6.42 Å². The van der Waals surface area contributed by atoms with E-state index in [9.17, 15) is 4.79 Å². The molecule has 1 aromatic carbocycles. The molecule has 0 saturated carbocycles. The van der Waals surface area contributed by atoms with Crippen LogP contribution in [0.4, 0.5) is 0 Å². The lowest BCUT2D eigenvalue weighted by molar-refractivity contribution is -0.131. The van der Waals surface area contributed by atoms with Gasteiger partial charge in [0.15, 0.2) is 11.5 Å². The van der Waals surface area contributed by atoms with Gasteiger partial charge in [0.2, 0.25) is 0 Å². The highest BCUT2D eigenvalue weighted by atomic mass is 32.2. The van der Waals surface area contributed by atoms with Crippen LogP contribution >= 0.6 is 11.8 Å². The molecule has 5 heteroatoms. The molecule has 17 heavy (non-hydrogen) atoms. The normalized spacial score (nSPS) is 14.6. The number of rotatable bonds is 3. The number of hydrogen-bond donors (Lipinski definition) is 1. The first kappa shape index (κ1) is 11.9. The van der Waals surface area contributed by atoms with Gasteiger partial charge in [0.25, 0.3) is 0 Å². The molecule has 0 saturated heterocycles. The van der Waals surface area contributed by atoms with Crippen LogP contribution in [-0.4, -0.2) is 24.3 Å². The second-order valence-electron chi connectivity index (χ2n) is 3.42. The summed E-state index contributed by atoms with van der Waals surface area (Å²) in [5.41, 5.74) is 0. The summed E-state index contributed by atoms with van der Waals surface area (Å²) in [6, 6.07) is 5.58. The highest BCUT2D eigenvalue weighted by Crippen LogP contribution is 2.34. The summed E-state index contributed by atoms with van der Waals surface area (Å²) in [5.74, 6) is 0.511. The molecule has 0 aromatic heterocycles. The van der Waals surface area contributed by atoms with Crippen molar-refractivity contribution in [3.63, 3.8) is 0 Å². The van der Waals surface area contributed by atoms with E-state index >= 15 is 0 Å². The first-order chi connectivity index (χ1) is 8.25. The quantitative estimate of drug-likeness (QED) is 0.661. The van der Waals surface area contributed by atoms with E-state index in [4.69, 9.17) is 14.6 Å². The van der Waals surface area contributed by atoms with Crippen molar-refractivity contribution in [3.8, 4) is 11.5 Å². The zero-order valence-electron chi connectivity index (χ0n) is 9.09. The molecule has 0 atom stereocenters. The fourth-order valence-electron chi connectivity index (χ4n) is 1.39.